The van der Waals surface area contributed by atoms with Crippen LogP contribution in [0.25, 0.3) is 0 Å². The van der Waals surface area contributed by atoms with Gasteiger partial charge in [0.05, 0.1) is 16.6 Å². The highest BCUT2D eigenvalue weighted by molar-refractivity contribution is 7.89. The van der Waals surface area contributed by atoms with E-state index in [0.29, 0.717) is 6.07 Å². The number of halogens is 3. The van der Waals surface area contributed by atoms with Crippen LogP contribution in [-0.2, 0) is 16.2 Å². The van der Waals surface area contributed by atoms with Crippen molar-refractivity contribution in [2.75, 3.05) is 0 Å². The topological polar surface area (TPSA) is 69.4 Å². The fourth-order valence-corrected chi connectivity index (χ4v) is 1.92. The predicted octanol–water partition coefficient (Wildman–Crippen LogP) is 1.89. The summed E-state index contributed by atoms with van der Waals surface area (Å²) in [5, 5.41) is 4.83. The van der Waals surface area contributed by atoms with Gasteiger partial charge in [-0.3, -0.25) is 0 Å². The average molecular weight is 281 g/mol. The van der Waals surface area contributed by atoms with Crippen molar-refractivity contribution in [3.05, 3.63) is 23.8 Å². The van der Waals surface area contributed by atoms with E-state index >= 15 is 0 Å². The summed E-state index contributed by atoms with van der Waals surface area (Å²) < 4.78 is 65.2. The van der Waals surface area contributed by atoms with Crippen molar-refractivity contribution in [2.24, 2.45) is 5.14 Å². The monoisotopic (exact) mass is 281 g/mol. The molecule has 100 valence electrons. The number of nitrogens with two attached hydrogens (primary N) is 1. The van der Waals surface area contributed by atoms with E-state index in [-0.39, 0.29) is 11.9 Å². The normalized spacial score (nSPS) is 16.7. The molecular weight excluding hydrogens is 271 g/mol. The lowest BCUT2D eigenvalue weighted by atomic mass is 10.2. The SMILES string of the molecule is NS(=O)(=O)c1cc(OC2CC2)cc(C(F)(F)F)c1. The van der Waals surface area contributed by atoms with Crippen LogP contribution in [0.1, 0.15) is 18.4 Å². The summed E-state index contributed by atoms with van der Waals surface area (Å²) in [4.78, 5) is -0.604. The Bertz CT molecular complexity index is 564. The zero-order valence-corrected chi connectivity index (χ0v) is 9.88. The van der Waals surface area contributed by atoms with Crippen LogP contribution < -0.4 is 9.88 Å². The van der Waals surface area contributed by atoms with Crippen molar-refractivity contribution in [2.45, 2.75) is 30.0 Å². The van der Waals surface area contributed by atoms with Gasteiger partial charge in [0.1, 0.15) is 5.75 Å². The maximum Gasteiger partial charge on any atom is 0.416 e. The van der Waals surface area contributed by atoms with Crippen molar-refractivity contribution < 1.29 is 26.3 Å². The number of sulfonamides is 1. The third-order valence-corrected chi connectivity index (χ3v) is 3.26. The summed E-state index contributed by atoms with van der Waals surface area (Å²) in [7, 11) is -4.20. The molecule has 4 nitrogen and oxygen atoms in total. The summed E-state index contributed by atoms with van der Waals surface area (Å²) in [5.74, 6) is -0.128. The van der Waals surface area contributed by atoms with Gasteiger partial charge in [-0.1, -0.05) is 0 Å². The highest BCUT2D eigenvalue weighted by atomic mass is 32.2. The van der Waals surface area contributed by atoms with Gasteiger partial charge in [-0.05, 0) is 25.0 Å². The average Bonchev–Trinajstić information content (AvgIpc) is 2.98. The molecule has 1 saturated carbocycles. The Labute approximate surface area is 102 Å². The van der Waals surface area contributed by atoms with Crippen molar-refractivity contribution in [3.63, 3.8) is 0 Å². The minimum Gasteiger partial charge on any atom is -0.490 e. The summed E-state index contributed by atoms with van der Waals surface area (Å²) in [6, 6.07) is 2.27. The molecule has 18 heavy (non-hydrogen) atoms. The van der Waals surface area contributed by atoms with Crippen LogP contribution in [0.5, 0.6) is 5.75 Å². The number of hydrogen-bond donors (Lipinski definition) is 1. The van der Waals surface area contributed by atoms with Gasteiger partial charge < -0.3 is 4.74 Å². The van der Waals surface area contributed by atoms with Gasteiger partial charge >= 0.3 is 6.18 Å². The summed E-state index contributed by atoms with van der Waals surface area (Å²) in [6.45, 7) is 0. The largest absolute Gasteiger partial charge is 0.490 e. The molecule has 0 atom stereocenters. The van der Waals surface area contributed by atoms with E-state index in [9.17, 15) is 21.6 Å². The first-order chi connectivity index (χ1) is 8.16. The van der Waals surface area contributed by atoms with E-state index < -0.39 is 26.7 Å². The third-order valence-electron chi connectivity index (χ3n) is 2.36. The van der Waals surface area contributed by atoms with E-state index in [0.717, 1.165) is 25.0 Å². The van der Waals surface area contributed by atoms with Gasteiger partial charge in [-0.2, -0.15) is 13.2 Å². The maximum absolute atomic E-state index is 12.6. The highest BCUT2D eigenvalue weighted by Gasteiger charge is 2.33. The van der Waals surface area contributed by atoms with Gasteiger partial charge in [0.15, 0.2) is 0 Å². The van der Waals surface area contributed by atoms with Crippen molar-refractivity contribution >= 4 is 10.0 Å². The molecule has 0 aromatic heterocycles. The molecule has 0 saturated heterocycles. The van der Waals surface area contributed by atoms with Crippen LogP contribution in [0, 0.1) is 0 Å². The van der Waals surface area contributed by atoms with Crippen LogP contribution in [0.3, 0.4) is 0 Å². The lowest BCUT2D eigenvalue weighted by Gasteiger charge is -2.12. The summed E-state index contributed by atoms with van der Waals surface area (Å²) >= 11 is 0. The number of alkyl halides is 3. The molecule has 0 bridgehead atoms. The first-order valence-electron chi connectivity index (χ1n) is 5.08. The lowest BCUT2D eigenvalue weighted by Crippen LogP contribution is -2.15. The second-order valence-electron chi connectivity index (χ2n) is 4.05. The smallest absolute Gasteiger partial charge is 0.416 e. The Balaban J connectivity index is 2.47. The second-order valence-corrected chi connectivity index (χ2v) is 5.61. The molecule has 0 amide bonds. The Morgan fingerprint density at radius 2 is 1.83 bits per heavy atom. The zero-order chi connectivity index (χ0) is 13.6. The third kappa shape index (κ3) is 3.14. The van der Waals surface area contributed by atoms with Crippen molar-refractivity contribution in [3.8, 4) is 5.75 Å². The molecule has 0 heterocycles. The van der Waals surface area contributed by atoms with Gasteiger partial charge in [0.25, 0.3) is 0 Å². The van der Waals surface area contributed by atoms with Gasteiger partial charge in [-0.25, -0.2) is 13.6 Å². The second kappa shape index (κ2) is 4.13. The van der Waals surface area contributed by atoms with Gasteiger partial charge in [0, 0.05) is 6.07 Å². The van der Waals surface area contributed by atoms with E-state index in [2.05, 4.69) is 0 Å². The van der Waals surface area contributed by atoms with E-state index in [1.165, 1.54) is 0 Å². The minimum absolute atomic E-state index is 0.128. The lowest BCUT2D eigenvalue weighted by molar-refractivity contribution is -0.137. The van der Waals surface area contributed by atoms with Gasteiger partial charge in [-0.15, -0.1) is 0 Å². The van der Waals surface area contributed by atoms with Crippen molar-refractivity contribution in [1.29, 1.82) is 0 Å². The van der Waals surface area contributed by atoms with E-state index in [1.54, 1.807) is 0 Å². The highest BCUT2D eigenvalue weighted by Crippen LogP contribution is 2.35. The van der Waals surface area contributed by atoms with Crippen molar-refractivity contribution in [1.82, 2.24) is 0 Å². The molecule has 0 radical (unpaired) electrons. The molecule has 1 aromatic rings. The molecule has 8 heteroatoms. The maximum atomic E-state index is 12.6. The molecule has 1 aromatic carbocycles. The standard InChI is InChI=1S/C10H10F3NO3S/c11-10(12,13)6-3-8(17-7-1-2-7)5-9(4-6)18(14,15)16/h3-5,7H,1-2H2,(H2,14,15,16). The molecule has 0 spiro atoms. The van der Waals surface area contributed by atoms with E-state index in [1.807, 2.05) is 0 Å². The molecule has 2 N–H and O–H groups in total. The van der Waals surface area contributed by atoms with E-state index in [4.69, 9.17) is 9.88 Å². The number of hydrogen-bond acceptors (Lipinski definition) is 3. The van der Waals surface area contributed by atoms with Crippen LogP contribution in [-0.4, -0.2) is 14.5 Å². The van der Waals surface area contributed by atoms with Crippen LogP contribution in [0.4, 0.5) is 13.2 Å². The molecule has 0 unspecified atom stereocenters. The van der Waals surface area contributed by atoms with Gasteiger partial charge in [0.2, 0.25) is 10.0 Å². The Morgan fingerprint density at radius 3 is 2.28 bits per heavy atom. The molecule has 1 aliphatic rings. The summed E-state index contributed by atoms with van der Waals surface area (Å²) in [5.41, 5.74) is -1.09. The molecule has 0 aliphatic heterocycles. The molecule has 1 fully saturated rings. The molecule has 1 aliphatic carbocycles. The number of benzene rings is 1. The zero-order valence-electron chi connectivity index (χ0n) is 9.07. The quantitative estimate of drug-likeness (QED) is 0.919. The summed E-state index contributed by atoms with van der Waals surface area (Å²) in [6.07, 6.45) is -3.29. The van der Waals surface area contributed by atoms with Crippen LogP contribution >= 0.6 is 0 Å². The van der Waals surface area contributed by atoms with Crippen LogP contribution in [0.15, 0.2) is 23.1 Å². The predicted molar refractivity (Wildman–Crippen MR) is 56.5 cm³/mol. The Kier molecular flexibility index (Phi) is 3.02. The Hall–Kier alpha value is -1.28. The Morgan fingerprint density at radius 1 is 1.22 bits per heavy atom. The molecule has 2 rings (SSSR count). The fraction of sp³-hybridized carbons (Fsp3) is 0.400. The first kappa shape index (κ1) is 13.2. The fourth-order valence-electron chi connectivity index (χ4n) is 1.35. The number of ether oxygens (including phenoxy) is 1. The first-order valence-corrected chi connectivity index (χ1v) is 6.62. The molecular formula is C10H10F3NO3S. The number of primary sulfonamides is 1. The minimum atomic E-state index is -4.65. The number of rotatable bonds is 3. The van der Waals surface area contributed by atoms with Crippen LogP contribution in [0.2, 0.25) is 0 Å².